The van der Waals surface area contributed by atoms with E-state index < -0.39 is 5.97 Å². The van der Waals surface area contributed by atoms with Crippen LogP contribution in [0.3, 0.4) is 0 Å². The molecule has 0 radical (unpaired) electrons. The Balaban J connectivity index is 2.54. The number of methoxy groups -OCH3 is 2. The van der Waals surface area contributed by atoms with Gasteiger partial charge in [0.1, 0.15) is 5.82 Å². The van der Waals surface area contributed by atoms with Gasteiger partial charge in [0.15, 0.2) is 0 Å². The van der Waals surface area contributed by atoms with E-state index in [1.807, 2.05) is 26.0 Å². The maximum absolute atomic E-state index is 13.0. The summed E-state index contributed by atoms with van der Waals surface area (Å²) in [7, 11) is 3.38. The van der Waals surface area contributed by atoms with E-state index in [0.717, 1.165) is 38.5 Å². The highest BCUT2D eigenvalue weighted by atomic mass is 19.1. The van der Waals surface area contributed by atoms with Crippen LogP contribution in [0.25, 0.3) is 0 Å². The average molecular weight is 425 g/mol. The monoisotopic (exact) mass is 424 g/mol. The minimum Gasteiger partial charge on any atom is -0.331 e. The van der Waals surface area contributed by atoms with Crippen molar-refractivity contribution >= 4 is 0 Å². The van der Waals surface area contributed by atoms with E-state index in [1.54, 1.807) is 26.4 Å². The normalized spacial score (nSPS) is 13.2. The minimum absolute atomic E-state index is 0.0374. The van der Waals surface area contributed by atoms with Crippen molar-refractivity contribution in [3.63, 3.8) is 0 Å². The zero-order valence-electron chi connectivity index (χ0n) is 20.1. The highest BCUT2D eigenvalue weighted by Crippen LogP contribution is 2.34. The van der Waals surface area contributed by atoms with Crippen LogP contribution in [0.5, 0.6) is 0 Å². The number of unbranched alkanes of at least 4 members (excludes halogenated alkanes) is 7. The van der Waals surface area contributed by atoms with Crippen LogP contribution in [0, 0.1) is 11.7 Å². The summed E-state index contributed by atoms with van der Waals surface area (Å²) in [6.45, 7) is 6.30. The van der Waals surface area contributed by atoms with Gasteiger partial charge in [-0.3, -0.25) is 0 Å². The number of ether oxygens (including phenoxy) is 3. The van der Waals surface area contributed by atoms with Gasteiger partial charge in [-0.2, -0.15) is 0 Å². The average Bonchev–Trinajstić information content (AvgIpc) is 2.74. The molecule has 0 amide bonds. The summed E-state index contributed by atoms with van der Waals surface area (Å²) in [5.74, 6) is -0.919. The molecule has 0 aliphatic rings. The molecule has 0 saturated carbocycles. The predicted octanol–water partition coefficient (Wildman–Crippen LogP) is 7.67. The molecule has 0 saturated heterocycles. The van der Waals surface area contributed by atoms with Gasteiger partial charge in [0, 0.05) is 20.1 Å². The predicted molar refractivity (Wildman–Crippen MR) is 123 cm³/mol. The van der Waals surface area contributed by atoms with E-state index in [9.17, 15) is 4.39 Å². The lowest BCUT2D eigenvalue weighted by molar-refractivity contribution is -0.399. The van der Waals surface area contributed by atoms with E-state index in [1.165, 1.54) is 44.1 Å². The summed E-state index contributed by atoms with van der Waals surface area (Å²) in [5.41, 5.74) is 1.20. The molecule has 1 unspecified atom stereocenters. The van der Waals surface area contributed by atoms with Crippen LogP contribution < -0.4 is 0 Å². The minimum atomic E-state index is -0.964. The third-order valence-corrected chi connectivity index (χ3v) is 5.81. The second-order valence-corrected chi connectivity index (χ2v) is 8.66. The van der Waals surface area contributed by atoms with Crippen LogP contribution in [0.1, 0.15) is 97.0 Å². The van der Waals surface area contributed by atoms with Crippen LogP contribution in [0.2, 0.25) is 0 Å². The summed E-state index contributed by atoms with van der Waals surface area (Å²) in [6.07, 6.45) is 14.1. The lowest BCUT2D eigenvalue weighted by Gasteiger charge is -2.39. The summed E-state index contributed by atoms with van der Waals surface area (Å²) in [5, 5.41) is 0. The number of halogens is 1. The standard InChI is InChI=1S/C26H45FO3/c1-6-7-8-9-10-13-16-24(26(28-4,29-5)30-22(2)3)17-14-11-12-15-23-18-20-25(27)21-19-23/h18-22,24H,6-17H2,1-5H3. The Labute approximate surface area is 184 Å². The molecule has 1 aromatic carbocycles. The Morgan fingerprint density at radius 1 is 0.800 bits per heavy atom. The number of hydrogen-bond donors (Lipinski definition) is 0. The zero-order chi connectivity index (χ0) is 22.2. The molecule has 0 bridgehead atoms. The Morgan fingerprint density at radius 3 is 1.87 bits per heavy atom. The SMILES string of the molecule is CCCCCCCCC(CCCCCc1ccc(F)cc1)C(OC)(OC)OC(C)C. The van der Waals surface area contributed by atoms with Crippen LogP contribution in [-0.4, -0.2) is 26.3 Å². The molecule has 0 heterocycles. The van der Waals surface area contributed by atoms with E-state index in [2.05, 4.69) is 6.92 Å². The highest BCUT2D eigenvalue weighted by Gasteiger charge is 2.41. The lowest BCUT2D eigenvalue weighted by atomic mass is 9.91. The van der Waals surface area contributed by atoms with Crippen LogP contribution in [-0.2, 0) is 20.6 Å². The Kier molecular flexibility index (Phi) is 14.2. The van der Waals surface area contributed by atoms with Gasteiger partial charge in [0.25, 0.3) is 5.97 Å². The fraction of sp³-hybridized carbons (Fsp3) is 0.769. The first kappa shape index (κ1) is 27.1. The molecule has 0 fully saturated rings. The third-order valence-electron chi connectivity index (χ3n) is 5.81. The van der Waals surface area contributed by atoms with E-state index >= 15 is 0 Å². The van der Waals surface area contributed by atoms with Gasteiger partial charge in [-0.15, -0.1) is 0 Å². The fourth-order valence-corrected chi connectivity index (χ4v) is 4.15. The van der Waals surface area contributed by atoms with Crippen LogP contribution in [0.15, 0.2) is 24.3 Å². The van der Waals surface area contributed by atoms with Gasteiger partial charge >= 0.3 is 0 Å². The molecule has 0 aromatic heterocycles. The number of hydrogen-bond acceptors (Lipinski definition) is 3. The lowest BCUT2D eigenvalue weighted by Crippen LogP contribution is -2.46. The molecular weight excluding hydrogens is 379 g/mol. The number of aryl methyl sites for hydroxylation is 1. The smallest absolute Gasteiger partial charge is 0.285 e. The van der Waals surface area contributed by atoms with Gasteiger partial charge in [0.2, 0.25) is 0 Å². The summed E-state index contributed by atoms with van der Waals surface area (Å²) in [4.78, 5) is 0. The topological polar surface area (TPSA) is 27.7 Å². The molecule has 4 heteroatoms. The zero-order valence-corrected chi connectivity index (χ0v) is 20.1. The van der Waals surface area contributed by atoms with Crippen LogP contribution >= 0.6 is 0 Å². The largest absolute Gasteiger partial charge is 0.331 e. The Morgan fingerprint density at radius 2 is 1.33 bits per heavy atom. The molecule has 1 aromatic rings. The quantitative estimate of drug-likeness (QED) is 0.179. The first-order chi connectivity index (χ1) is 14.5. The highest BCUT2D eigenvalue weighted by molar-refractivity contribution is 5.15. The van der Waals surface area contributed by atoms with Crippen molar-refractivity contribution < 1.29 is 18.6 Å². The van der Waals surface area contributed by atoms with E-state index in [4.69, 9.17) is 14.2 Å². The maximum atomic E-state index is 13.0. The Bertz CT molecular complexity index is 526. The number of benzene rings is 1. The van der Waals surface area contributed by atoms with Crippen molar-refractivity contribution in [3.8, 4) is 0 Å². The molecule has 1 rings (SSSR count). The Hall–Kier alpha value is -0.970. The van der Waals surface area contributed by atoms with Gasteiger partial charge in [0.05, 0.1) is 6.10 Å². The molecule has 174 valence electrons. The third kappa shape index (κ3) is 10.4. The van der Waals surface area contributed by atoms with Crippen molar-refractivity contribution in [1.82, 2.24) is 0 Å². The molecule has 1 atom stereocenters. The van der Waals surface area contributed by atoms with E-state index in [-0.39, 0.29) is 17.8 Å². The van der Waals surface area contributed by atoms with Crippen molar-refractivity contribution in [2.75, 3.05) is 14.2 Å². The van der Waals surface area contributed by atoms with Gasteiger partial charge in [-0.25, -0.2) is 4.39 Å². The first-order valence-electron chi connectivity index (χ1n) is 12.0. The number of rotatable bonds is 18. The molecule has 0 aliphatic heterocycles. The molecular formula is C26H45FO3. The summed E-state index contributed by atoms with van der Waals surface area (Å²) >= 11 is 0. The van der Waals surface area contributed by atoms with E-state index in [0.29, 0.717) is 0 Å². The van der Waals surface area contributed by atoms with Crippen molar-refractivity contribution in [2.45, 2.75) is 110 Å². The van der Waals surface area contributed by atoms with Gasteiger partial charge in [-0.05, 0) is 57.2 Å². The second kappa shape index (κ2) is 15.8. The van der Waals surface area contributed by atoms with Crippen molar-refractivity contribution in [3.05, 3.63) is 35.6 Å². The molecule has 0 aliphatic carbocycles. The fourth-order valence-electron chi connectivity index (χ4n) is 4.15. The van der Waals surface area contributed by atoms with Crippen molar-refractivity contribution in [2.24, 2.45) is 5.92 Å². The van der Waals surface area contributed by atoms with Crippen LogP contribution in [0.4, 0.5) is 4.39 Å². The van der Waals surface area contributed by atoms with Crippen molar-refractivity contribution in [1.29, 1.82) is 0 Å². The molecule has 3 nitrogen and oxygen atoms in total. The second-order valence-electron chi connectivity index (χ2n) is 8.66. The molecule has 0 spiro atoms. The maximum Gasteiger partial charge on any atom is 0.285 e. The molecule has 0 N–H and O–H groups in total. The van der Waals surface area contributed by atoms with Gasteiger partial charge in [-0.1, -0.05) is 70.4 Å². The first-order valence-corrected chi connectivity index (χ1v) is 12.0. The molecule has 30 heavy (non-hydrogen) atoms. The summed E-state index contributed by atoms with van der Waals surface area (Å²) < 4.78 is 30.8. The van der Waals surface area contributed by atoms with Gasteiger partial charge < -0.3 is 14.2 Å². The summed E-state index contributed by atoms with van der Waals surface area (Å²) in [6, 6.07) is 6.85.